The van der Waals surface area contributed by atoms with Gasteiger partial charge in [-0.05, 0) is 18.9 Å². The van der Waals surface area contributed by atoms with E-state index in [9.17, 15) is 4.79 Å². The van der Waals surface area contributed by atoms with Gasteiger partial charge in [0.2, 0.25) is 11.8 Å². The van der Waals surface area contributed by atoms with E-state index in [0.29, 0.717) is 24.9 Å². The lowest BCUT2D eigenvalue weighted by Gasteiger charge is -2.37. The highest BCUT2D eigenvalue weighted by atomic mass is 16.5. The van der Waals surface area contributed by atoms with Crippen LogP contribution in [0.15, 0.2) is 23.0 Å². The fraction of sp³-hybridized carbons (Fsp3) is 0.538. The van der Waals surface area contributed by atoms with Gasteiger partial charge in [0.15, 0.2) is 5.82 Å². The van der Waals surface area contributed by atoms with E-state index < -0.39 is 0 Å². The van der Waals surface area contributed by atoms with Crippen LogP contribution in [0.3, 0.4) is 0 Å². The molecule has 0 atom stereocenters. The number of rotatable bonds is 4. The molecule has 7 heteroatoms. The summed E-state index contributed by atoms with van der Waals surface area (Å²) in [6.07, 6.45) is 5.79. The predicted octanol–water partition coefficient (Wildman–Crippen LogP) is 0.770. The van der Waals surface area contributed by atoms with Crippen molar-refractivity contribution in [2.75, 3.05) is 13.1 Å². The maximum absolute atomic E-state index is 12.0. The normalized spacial score (nSPS) is 19.1. The van der Waals surface area contributed by atoms with Crippen molar-refractivity contribution in [3.8, 4) is 0 Å². The Morgan fingerprint density at radius 2 is 2.20 bits per heavy atom. The summed E-state index contributed by atoms with van der Waals surface area (Å²) in [5.74, 6) is 2.28. The Morgan fingerprint density at radius 1 is 1.35 bits per heavy atom. The smallest absolute Gasteiger partial charge is 0.244 e. The number of carbonyl (C=O) groups is 1. The molecule has 2 aliphatic rings. The number of aromatic nitrogens is 4. The maximum atomic E-state index is 12.0. The molecule has 2 fully saturated rings. The van der Waals surface area contributed by atoms with Crippen LogP contribution in [0.4, 0.5) is 0 Å². The minimum Gasteiger partial charge on any atom is -0.339 e. The molecule has 2 aromatic heterocycles. The predicted molar refractivity (Wildman–Crippen MR) is 67.8 cm³/mol. The third-order valence-electron chi connectivity index (χ3n) is 3.84. The number of nitrogens with zero attached hydrogens (tertiary/aromatic N) is 5. The van der Waals surface area contributed by atoms with E-state index in [2.05, 4.69) is 15.2 Å². The van der Waals surface area contributed by atoms with Gasteiger partial charge < -0.3 is 9.42 Å². The highest BCUT2D eigenvalue weighted by molar-refractivity contribution is 5.77. The van der Waals surface area contributed by atoms with Crippen molar-refractivity contribution in [1.82, 2.24) is 24.8 Å². The summed E-state index contributed by atoms with van der Waals surface area (Å²) in [5, 5.41) is 8.04. The summed E-state index contributed by atoms with van der Waals surface area (Å²) >= 11 is 0. The average Bonchev–Trinajstić information content (AvgIpc) is 2.90. The van der Waals surface area contributed by atoms with Gasteiger partial charge in [-0.1, -0.05) is 5.16 Å². The van der Waals surface area contributed by atoms with Crippen molar-refractivity contribution in [2.45, 2.75) is 31.2 Å². The maximum Gasteiger partial charge on any atom is 0.244 e. The molecular weight excluding hydrogens is 258 g/mol. The molecule has 3 heterocycles. The van der Waals surface area contributed by atoms with Crippen molar-refractivity contribution in [1.29, 1.82) is 0 Å². The molecule has 104 valence electrons. The monoisotopic (exact) mass is 273 g/mol. The molecule has 1 saturated heterocycles. The van der Waals surface area contributed by atoms with Gasteiger partial charge >= 0.3 is 0 Å². The third kappa shape index (κ3) is 2.09. The summed E-state index contributed by atoms with van der Waals surface area (Å²) < 4.78 is 6.92. The quantitative estimate of drug-likeness (QED) is 0.822. The first kappa shape index (κ1) is 11.6. The van der Waals surface area contributed by atoms with Crippen LogP contribution in [0.5, 0.6) is 0 Å². The molecule has 7 nitrogen and oxygen atoms in total. The molecule has 1 aliphatic carbocycles. The van der Waals surface area contributed by atoms with Crippen LogP contribution in [0.1, 0.15) is 36.4 Å². The van der Waals surface area contributed by atoms with Gasteiger partial charge in [-0.15, -0.1) is 0 Å². The lowest BCUT2D eigenvalue weighted by Crippen LogP contribution is -2.49. The summed E-state index contributed by atoms with van der Waals surface area (Å²) in [5.41, 5.74) is 0. The van der Waals surface area contributed by atoms with Crippen molar-refractivity contribution in [2.24, 2.45) is 0 Å². The van der Waals surface area contributed by atoms with Crippen molar-refractivity contribution < 1.29 is 9.32 Å². The van der Waals surface area contributed by atoms with Gasteiger partial charge in [0.05, 0.1) is 5.92 Å². The van der Waals surface area contributed by atoms with Crippen LogP contribution in [-0.4, -0.2) is 43.8 Å². The second kappa shape index (κ2) is 4.43. The van der Waals surface area contributed by atoms with Gasteiger partial charge in [0.25, 0.3) is 0 Å². The number of hydrogen-bond acceptors (Lipinski definition) is 5. The number of hydrogen-bond donors (Lipinski definition) is 0. The van der Waals surface area contributed by atoms with E-state index >= 15 is 0 Å². The van der Waals surface area contributed by atoms with Gasteiger partial charge in [0.1, 0.15) is 6.54 Å². The second-order valence-electron chi connectivity index (χ2n) is 5.46. The van der Waals surface area contributed by atoms with E-state index in [0.717, 1.165) is 18.7 Å². The van der Waals surface area contributed by atoms with Crippen molar-refractivity contribution in [3.63, 3.8) is 0 Å². The summed E-state index contributed by atoms with van der Waals surface area (Å²) in [4.78, 5) is 18.2. The Kier molecular flexibility index (Phi) is 2.58. The number of carbonyl (C=O) groups excluding carboxylic acids is 1. The molecule has 0 N–H and O–H groups in total. The molecule has 0 radical (unpaired) electrons. The highest BCUT2D eigenvalue weighted by Crippen LogP contribution is 2.39. The largest absolute Gasteiger partial charge is 0.339 e. The number of likely N-dealkylation sites (tertiary alicyclic amines) is 1. The number of amides is 1. The van der Waals surface area contributed by atoms with E-state index in [-0.39, 0.29) is 18.4 Å². The van der Waals surface area contributed by atoms with Crippen LogP contribution in [0, 0.1) is 0 Å². The van der Waals surface area contributed by atoms with E-state index in [4.69, 9.17) is 4.52 Å². The second-order valence-corrected chi connectivity index (χ2v) is 5.46. The molecule has 1 aliphatic heterocycles. The van der Waals surface area contributed by atoms with Crippen LogP contribution < -0.4 is 0 Å². The van der Waals surface area contributed by atoms with E-state index in [1.807, 2.05) is 6.07 Å². The van der Waals surface area contributed by atoms with Gasteiger partial charge in [-0.25, -0.2) is 0 Å². The SMILES string of the molecule is O=C(Cn1cccn1)N1CC(c2nc(C3CC3)no2)C1. The molecule has 0 unspecified atom stereocenters. The molecule has 4 rings (SSSR count). The zero-order valence-electron chi connectivity index (χ0n) is 11.0. The Labute approximate surface area is 115 Å². The fourth-order valence-electron chi connectivity index (χ4n) is 2.39. The Bertz CT molecular complexity index is 611. The molecule has 0 bridgehead atoms. The summed E-state index contributed by atoms with van der Waals surface area (Å²) in [7, 11) is 0. The van der Waals surface area contributed by atoms with Gasteiger partial charge in [0, 0.05) is 31.4 Å². The highest BCUT2D eigenvalue weighted by Gasteiger charge is 2.37. The van der Waals surface area contributed by atoms with E-state index in [1.54, 1.807) is 22.0 Å². The molecule has 0 spiro atoms. The molecule has 0 aromatic carbocycles. The van der Waals surface area contributed by atoms with Gasteiger partial charge in [-0.3, -0.25) is 9.48 Å². The third-order valence-corrected chi connectivity index (χ3v) is 3.84. The first-order valence-corrected chi connectivity index (χ1v) is 6.88. The molecule has 2 aromatic rings. The molecule has 1 amide bonds. The Morgan fingerprint density at radius 3 is 2.90 bits per heavy atom. The standard InChI is InChI=1S/C13H15N5O2/c19-11(8-18-5-1-4-14-18)17-6-10(7-17)13-15-12(16-20-13)9-2-3-9/h1,4-5,9-10H,2-3,6-8H2. The van der Waals surface area contributed by atoms with Crippen molar-refractivity contribution >= 4 is 5.91 Å². The average molecular weight is 273 g/mol. The van der Waals surface area contributed by atoms with Gasteiger partial charge in [-0.2, -0.15) is 10.1 Å². The Balaban J connectivity index is 1.33. The molecule has 20 heavy (non-hydrogen) atoms. The molecule has 1 saturated carbocycles. The fourth-order valence-corrected chi connectivity index (χ4v) is 2.39. The Hall–Kier alpha value is -2.18. The topological polar surface area (TPSA) is 77.1 Å². The van der Waals surface area contributed by atoms with E-state index in [1.165, 1.54) is 0 Å². The van der Waals surface area contributed by atoms with Crippen LogP contribution in [-0.2, 0) is 11.3 Å². The lowest BCUT2D eigenvalue weighted by molar-refractivity contribution is -0.136. The van der Waals surface area contributed by atoms with Crippen LogP contribution in [0.2, 0.25) is 0 Å². The summed E-state index contributed by atoms with van der Waals surface area (Å²) in [6.45, 7) is 1.61. The van der Waals surface area contributed by atoms with Crippen molar-refractivity contribution in [3.05, 3.63) is 30.2 Å². The lowest BCUT2D eigenvalue weighted by atomic mass is 10.00. The summed E-state index contributed by atoms with van der Waals surface area (Å²) in [6, 6.07) is 1.81. The zero-order chi connectivity index (χ0) is 13.5. The zero-order valence-corrected chi connectivity index (χ0v) is 11.0. The molecular formula is C13H15N5O2. The first-order chi connectivity index (χ1) is 9.79. The van der Waals surface area contributed by atoms with Crippen LogP contribution >= 0.6 is 0 Å². The van der Waals surface area contributed by atoms with Crippen LogP contribution in [0.25, 0.3) is 0 Å². The minimum atomic E-state index is 0.0758. The first-order valence-electron chi connectivity index (χ1n) is 6.88. The minimum absolute atomic E-state index is 0.0758.